The molecular weight excluding hydrogens is 306 g/mol. The summed E-state index contributed by atoms with van der Waals surface area (Å²) in [6.45, 7) is 9.45. The molecule has 2 N–H and O–H groups in total. The molecule has 1 amide bonds. The minimum Gasteiger partial charge on any atom is -0.444 e. The van der Waals surface area contributed by atoms with Gasteiger partial charge in [-0.15, -0.1) is 0 Å². The van der Waals surface area contributed by atoms with Crippen LogP contribution < -0.4 is 10.6 Å². The third-order valence-corrected chi connectivity index (χ3v) is 3.28. The Morgan fingerprint density at radius 2 is 2.08 bits per heavy atom. The quantitative estimate of drug-likeness (QED) is 0.678. The molecule has 0 aliphatic carbocycles. The van der Waals surface area contributed by atoms with Gasteiger partial charge in [-0.1, -0.05) is 6.07 Å². The molecule has 0 aliphatic heterocycles. The van der Waals surface area contributed by atoms with E-state index in [1.807, 2.05) is 45.9 Å². The fraction of sp³-hybridized carbons (Fsp3) is 0.667. The number of nitrogens with zero attached hydrogens (tertiary/aromatic N) is 1. The Labute approximate surface area is 145 Å². The maximum absolute atomic E-state index is 11.6. The van der Waals surface area contributed by atoms with Gasteiger partial charge in [0.05, 0.1) is 12.3 Å². The number of ether oxygens (including phenoxy) is 2. The number of methoxy groups -OCH3 is 1. The second kappa shape index (κ2) is 10.3. The summed E-state index contributed by atoms with van der Waals surface area (Å²) < 4.78 is 10.5. The van der Waals surface area contributed by atoms with Gasteiger partial charge in [-0.3, -0.25) is 4.98 Å². The van der Waals surface area contributed by atoms with Crippen molar-refractivity contribution in [1.82, 2.24) is 15.6 Å². The van der Waals surface area contributed by atoms with E-state index in [9.17, 15) is 4.79 Å². The number of aryl methyl sites for hydroxylation is 1. The number of aromatic nitrogens is 1. The largest absolute Gasteiger partial charge is 0.444 e. The number of hydrogen-bond acceptors (Lipinski definition) is 5. The van der Waals surface area contributed by atoms with E-state index in [2.05, 4.69) is 15.6 Å². The normalized spacial score (nSPS) is 12.7. The molecule has 1 aromatic rings. The number of carbonyl (C=O) groups is 1. The van der Waals surface area contributed by atoms with Gasteiger partial charge in [0, 0.05) is 31.9 Å². The third-order valence-electron chi connectivity index (χ3n) is 3.28. The van der Waals surface area contributed by atoms with Crippen molar-refractivity contribution in [3.63, 3.8) is 0 Å². The highest BCUT2D eigenvalue weighted by molar-refractivity contribution is 5.67. The average molecular weight is 337 g/mol. The van der Waals surface area contributed by atoms with Crippen molar-refractivity contribution in [3.05, 3.63) is 29.6 Å². The SMILES string of the molecule is COCC(CCCNC(=O)OC(C)(C)C)NCc1cccc(C)n1. The summed E-state index contributed by atoms with van der Waals surface area (Å²) in [5.74, 6) is 0. The van der Waals surface area contributed by atoms with E-state index >= 15 is 0 Å². The first-order valence-electron chi connectivity index (χ1n) is 8.42. The Hall–Kier alpha value is -1.66. The minimum absolute atomic E-state index is 0.220. The molecule has 1 rings (SSSR count). The summed E-state index contributed by atoms with van der Waals surface area (Å²) in [5.41, 5.74) is 1.56. The second-order valence-electron chi connectivity index (χ2n) is 6.87. The summed E-state index contributed by atoms with van der Waals surface area (Å²) in [6.07, 6.45) is 1.37. The van der Waals surface area contributed by atoms with Crippen LogP contribution in [0.15, 0.2) is 18.2 Å². The van der Waals surface area contributed by atoms with E-state index in [0.29, 0.717) is 19.7 Å². The van der Waals surface area contributed by atoms with Crippen LogP contribution in [0.25, 0.3) is 0 Å². The molecule has 6 nitrogen and oxygen atoms in total. The third kappa shape index (κ3) is 9.47. The van der Waals surface area contributed by atoms with Crippen LogP contribution in [0.2, 0.25) is 0 Å². The van der Waals surface area contributed by atoms with Crippen molar-refractivity contribution < 1.29 is 14.3 Å². The summed E-state index contributed by atoms with van der Waals surface area (Å²) in [7, 11) is 1.69. The first-order valence-corrected chi connectivity index (χ1v) is 8.42. The van der Waals surface area contributed by atoms with Crippen molar-refractivity contribution in [1.29, 1.82) is 0 Å². The lowest BCUT2D eigenvalue weighted by molar-refractivity contribution is 0.0526. The lowest BCUT2D eigenvalue weighted by atomic mass is 10.1. The zero-order valence-corrected chi connectivity index (χ0v) is 15.5. The highest BCUT2D eigenvalue weighted by atomic mass is 16.6. The number of amides is 1. The Morgan fingerprint density at radius 1 is 1.33 bits per heavy atom. The Morgan fingerprint density at radius 3 is 2.71 bits per heavy atom. The van der Waals surface area contributed by atoms with Gasteiger partial charge in [0.2, 0.25) is 0 Å². The zero-order chi connectivity index (χ0) is 18.0. The standard InChI is InChI=1S/C18H31N3O3/c1-14-8-6-9-15(21-14)12-20-16(13-23-5)10-7-11-19-17(22)24-18(2,3)4/h6,8-9,16,20H,7,10-13H2,1-5H3,(H,19,22). The Bertz CT molecular complexity index is 501. The van der Waals surface area contributed by atoms with Crippen LogP contribution in [0.1, 0.15) is 45.0 Å². The topological polar surface area (TPSA) is 72.5 Å². The number of hydrogen-bond donors (Lipinski definition) is 2. The summed E-state index contributed by atoms with van der Waals surface area (Å²) in [6, 6.07) is 6.22. The van der Waals surface area contributed by atoms with Crippen molar-refractivity contribution in [2.45, 2.75) is 58.7 Å². The van der Waals surface area contributed by atoms with Gasteiger partial charge in [0.1, 0.15) is 5.60 Å². The molecule has 1 unspecified atom stereocenters. The molecule has 0 bridgehead atoms. The fourth-order valence-electron chi connectivity index (χ4n) is 2.25. The zero-order valence-electron chi connectivity index (χ0n) is 15.5. The highest BCUT2D eigenvalue weighted by Gasteiger charge is 2.15. The maximum atomic E-state index is 11.6. The molecule has 1 atom stereocenters. The number of alkyl carbamates (subject to hydrolysis) is 1. The van der Waals surface area contributed by atoms with Crippen molar-refractivity contribution in [2.75, 3.05) is 20.3 Å². The van der Waals surface area contributed by atoms with E-state index in [0.717, 1.165) is 24.2 Å². The smallest absolute Gasteiger partial charge is 0.407 e. The highest BCUT2D eigenvalue weighted by Crippen LogP contribution is 2.07. The Balaban J connectivity index is 2.29. The minimum atomic E-state index is -0.467. The van der Waals surface area contributed by atoms with Crippen LogP contribution in [0.4, 0.5) is 4.79 Å². The van der Waals surface area contributed by atoms with Crippen LogP contribution >= 0.6 is 0 Å². The van der Waals surface area contributed by atoms with E-state index < -0.39 is 5.60 Å². The van der Waals surface area contributed by atoms with E-state index in [-0.39, 0.29) is 12.1 Å². The van der Waals surface area contributed by atoms with Crippen molar-refractivity contribution >= 4 is 6.09 Å². The van der Waals surface area contributed by atoms with Gasteiger partial charge in [0.25, 0.3) is 0 Å². The number of rotatable bonds is 9. The van der Waals surface area contributed by atoms with Gasteiger partial charge in [-0.25, -0.2) is 4.79 Å². The van der Waals surface area contributed by atoms with E-state index in [1.54, 1.807) is 7.11 Å². The van der Waals surface area contributed by atoms with Crippen LogP contribution in [0.5, 0.6) is 0 Å². The number of nitrogens with one attached hydrogen (secondary N) is 2. The number of carbonyl (C=O) groups excluding carboxylic acids is 1. The molecule has 0 saturated heterocycles. The van der Waals surface area contributed by atoms with E-state index in [1.165, 1.54) is 0 Å². The van der Waals surface area contributed by atoms with E-state index in [4.69, 9.17) is 9.47 Å². The Kier molecular flexibility index (Phi) is 8.71. The predicted octanol–water partition coefficient (Wildman–Crippen LogP) is 2.80. The molecule has 1 aromatic heterocycles. The first-order chi connectivity index (χ1) is 11.3. The molecule has 136 valence electrons. The predicted molar refractivity (Wildman–Crippen MR) is 94.9 cm³/mol. The van der Waals surface area contributed by atoms with Crippen LogP contribution in [-0.2, 0) is 16.0 Å². The van der Waals surface area contributed by atoms with Crippen molar-refractivity contribution in [2.24, 2.45) is 0 Å². The molecule has 24 heavy (non-hydrogen) atoms. The molecule has 6 heteroatoms. The van der Waals surface area contributed by atoms with Gasteiger partial charge < -0.3 is 20.1 Å². The molecule has 0 fully saturated rings. The van der Waals surface area contributed by atoms with Gasteiger partial charge in [-0.05, 0) is 52.7 Å². The van der Waals surface area contributed by atoms with Crippen molar-refractivity contribution in [3.8, 4) is 0 Å². The van der Waals surface area contributed by atoms with Gasteiger partial charge in [0.15, 0.2) is 0 Å². The average Bonchev–Trinajstić information content (AvgIpc) is 2.47. The summed E-state index contributed by atoms with van der Waals surface area (Å²) >= 11 is 0. The molecular formula is C18H31N3O3. The molecule has 0 aromatic carbocycles. The lowest BCUT2D eigenvalue weighted by Gasteiger charge is -2.20. The molecule has 0 radical (unpaired) electrons. The molecule has 0 spiro atoms. The summed E-state index contributed by atoms with van der Waals surface area (Å²) in [5, 5.41) is 6.23. The monoisotopic (exact) mass is 337 g/mol. The lowest BCUT2D eigenvalue weighted by Crippen LogP contribution is -2.35. The van der Waals surface area contributed by atoms with Crippen LogP contribution in [-0.4, -0.2) is 43.0 Å². The molecule has 1 heterocycles. The van der Waals surface area contributed by atoms with Gasteiger partial charge >= 0.3 is 6.09 Å². The second-order valence-corrected chi connectivity index (χ2v) is 6.87. The fourth-order valence-corrected chi connectivity index (χ4v) is 2.25. The van der Waals surface area contributed by atoms with Crippen LogP contribution in [0, 0.1) is 6.92 Å². The molecule has 0 aliphatic rings. The maximum Gasteiger partial charge on any atom is 0.407 e. The first kappa shape index (κ1) is 20.4. The molecule has 0 saturated carbocycles. The summed E-state index contributed by atoms with van der Waals surface area (Å²) in [4.78, 5) is 16.1. The van der Waals surface area contributed by atoms with Gasteiger partial charge in [-0.2, -0.15) is 0 Å². The number of pyridine rings is 1. The van der Waals surface area contributed by atoms with Crippen LogP contribution in [0.3, 0.4) is 0 Å².